The van der Waals surface area contributed by atoms with E-state index in [9.17, 15) is 4.79 Å². The monoisotopic (exact) mass is 316 g/mol. The first-order valence-corrected chi connectivity index (χ1v) is 6.80. The van der Waals surface area contributed by atoms with Crippen LogP contribution in [0, 0.1) is 0 Å². The first kappa shape index (κ1) is 12.9. The van der Waals surface area contributed by atoms with Crippen molar-refractivity contribution < 1.29 is 4.79 Å². The smallest absolute Gasteiger partial charge is 0.255 e. The van der Waals surface area contributed by atoms with E-state index >= 15 is 0 Å². The second kappa shape index (κ2) is 5.85. The van der Waals surface area contributed by atoms with Crippen molar-refractivity contribution in [3.05, 3.63) is 33.3 Å². The topological polar surface area (TPSA) is 32.3 Å². The third-order valence-electron chi connectivity index (χ3n) is 2.79. The zero-order chi connectivity index (χ0) is 12.3. The minimum absolute atomic E-state index is 0.0669. The SMILES string of the molecule is O=C(c1ccc(Cl)cc1Br)N1CCCNCC1. The van der Waals surface area contributed by atoms with Crippen LogP contribution in [0.25, 0.3) is 0 Å². The number of benzene rings is 1. The van der Waals surface area contributed by atoms with Crippen LogP contribution >= 0.6 is 27.5 Å². The Kier molecular flexibility index (Phi) is 4.42. The fraction of sp³-hybridized carbons (Fsp3) is 0.417. The maximum Gasteiger partial charge on any atom is 0.255 e. The van der Waals surface area contributed by atoms with Crippen LogP contribution in [0.4, 0.5) is 0 Å². The van der Waals surface area contributed by atoms with E-state index in [1.165, 1.54) is 0 Å². The Hall–Kier alpha value is -0.580. The highest BCUT2D eigenvalue weighted by Gasteiger charge is 2.19. The van der Waals surface area contributed by atoms with Gasteiger partial charge in [0.25, 0.3) is 5.91 Å². The summed E-state index contributed by atoms with van der Waals surface area (Å²) in [5, 5.41) is 3.91. The van der Waals surface area contributed by atoms with Gasteiger partial charge in [-0.1, -0.05) is 11.6 Å². The van der Waals surface area contributed by atoms with Crippen molar-refractivity contribution in [2.45, 2.75) is 6.42 Å². The van der Waals surface area contributed by atoms with Crippen LogP contribution in [0.5, 0.6) is 0 Å². The number of hydrogen-bond acceptors (Lipinski definition) is 2. The fourth-order valence-corrected chi connectivity index (χ4v) is 2.73. The Morgan fingerprint density at radius 3 is 2.94 bits per heavy atom. The molecule has 92 valence electrons. The number of halogens is 2. The molecule has 1 N–H and O–H groups in total. The average molecular weight is 318 g/mol. The Morgan fingerprint density at radius 1 is 1.35 bits per heavy atom. The van der Waals surface area contributed by atoms with E-state index in [2.05, 4.69) is 21.2 Å². The van der Waals surface area contributed by atoms with Crippen molar-refractivity contribution >= 4 is 33.4 Å². The van der Waals surface area contributed by atoms with E-state index in [0.717, 1.165) is 37.1 Å². The van der Waals surface area contributed by atoms with Crippen molar-refractivity contribution in [3.8, 4) is 0 Å². The van der Waals surface area contributed by atoms with Crippen LogP contribution in [0.15, 0.2) is 22.7 Å². The predicted molar refractivity (Wildman–Crippen MR) is 72.5 cm³/mol. The van der Waals surface area contributed by atoms with Gasteiger partial charge in [-0.25, -0.2) is 0 Å². The average Bonchev–Trinajstić information content (AvgIpc) is 2.56. The highest BCUT2D eigenvalue weighted by molar-refractivity contribution is 9.10. The molecule has 1 saturated heterocycles. The summed E-state index contributed by atoms with van der Waals surface area (Å²) in [6.07, 6.45) is 0.997. The summed E-state index contributed by atoms with van der Waals surface area (Å²) >= 11 is 9.25. The normalized spacial score (nSPS) is 16.7. The van der Waals surface area contributed by atoms with Gasteiger partial charge in [0.2, 0.25) is 0 Å². The van der Waals surface area contributed by atoms with Gasteiger partial charge in [0.15, 0.2) is 0 Å². The number of nitrogens with zero attached hydrogens (tertiary/aromatic N) is 1. The molecule has 1 aliphatic rings. The van der Waals surface area contributed by atoms with E-state index in [1.807, 2.05) is 4.90 Å². The zero-order valence-corrected chi connectivity index (χ0v) is 11.7. The molecule has 17 heavy (non-hydrogen) atoms. The van der Waals surface area contributed by atoms with Gasteiger partial charge in [-0.3, -0.25) is 4.79 Å². The van der Waals surface area contributed by atoms with Gasteiger partial charge in [0.05, 0.1) is 5.56 Å². The second-order valence-electron chi connectivity index (χ2n) is 4.02. The second-order valence-corrected chi connectivity index (χ2v) is 5.31. The van der Waals surface area contributed by atoms with Gasteiger partial charge in [-0.05, 0) is 47.1 Å². The lowest BCUT2D eigenvalue weighted by Gasteiger charge is -2.20. The van der Waals surface area contributed by atoms with E-state index in [1.54, 1.807) is 18.2 Å². The molecule has 2 rings (SSSR count). The lowest BCUT2D eigenvalue weighted by molar-refractivity contribution is 0.0765. The van der Waals surface area contributed by atoms with Gasteiger partial charge in [-0.2, -0.15) is 0 Å². The van der Waals surface area contributed by atoms with E-state index in [-0.39, 0.29) is 5.91 Å². The van der Waals surface area contributed by atoms with Crippen LogP contribution in [0.3, 0.4) is 0 Å². The molecule has 1 amide bonds. The maximum atomic E-state index is 12.3. The number of nitrogens with one attached hydrogen (secondary N) is 1. The fourth-order valence-electron chi connectivity index (χ4n) is 1.88. The summed E-state index contributed by atoms with van der Waals surface area (Å²) in [5.74, 6) is 0.0669. The van der Waals surface area contributed by atoms with Gasteiger partial charge in [0, 0.05) is 29.1 Å². The van der Waals surface area contributed by atoms with Gasteiger partial charge in [0.1, 0.15) is 0 Å². The maximum absolute atomic E-state index is 12.3. The summed E-state index contributed by atoms with van der Waals surface area (Å²) in [7, 11) is 0. The lowest BCUT2D eigenvalue weighted by Crippen LogP contribution is -2.34. The number of carbonyl (C=O) groups is 1. The number of hydrogen-bond donors (Lipinski definition) is 1. The first-order chi connectivity index (χ1) is 8.18. The molecule has 0 aliphatic carbocycles. The predicted octanol–water partition coefficient (Wildman–Crippen LogP) is 2.54. The lowest BCUT2D eigenvalue weighted by atomic mass is 10.2. The molecule has 0 radical (unpaired) electrons. The van der Waals surface area contributed by atoms with E-state index in [4.69, 9.17) is 11.6 Å². The van der Waals surface area contributed by atoms with E-state index < -0.39 is 0 Å². The van der Waals surface area contributed by atoms with E-state index in [0.29, 0.717) is 10.6 Å². The van der Waals surface area contributed by atoms with Crippen LogP contribution in [-0.4, -0.2) is 37.0 Å². The molecule has 0 unspecified atom stereocenters. The third-order valence-corrected chi connectivity index (χ3v) is 3.68. The molecule has 3 nitrogen and oxygen atoms in total. The van der Waals surface area contributed by atoms with Crippen LogP contribution in [0.2, 0.25) is 5.02 Å². The Morgan fingerprint density at radius 2 is 2.18 bits per heavy atom. The van der Waals surface area contributed by atoms with Gasteiger partial charge in [-0.15, -0.1) is 0 Å². The Bertz CT molecular complexity index is 417. The minimum Gasteiger partial charge on any atom is -0.337 e. The minimum atomic E-state index is 0.0669. The first-order valence-electron chi connectivity index (χ1n) is 5.63. The summed E-state index contributed by atoms with van der Waals surface area (Å²) in [5.41, 5.74) is 0.677. The van der Waals surface area contributed by atoms with Crippen molar-refractivity contribution in [2.24, 2.45) is 0 Å². The molecular formula is C12H14BrClN2O. The quantitative estimate of drug-likeness (QED) is 0.863. The third kappa shape index (κ3) is 3.21. The van der Waals surface area contributed by atoms with Gasteiger partial charge >= 0.3 is 0 Å². The van der Waals surface area contributed by atoms with Crippen molar-refractivity contribution in [2.75, 3.05) is 26.2 Å². The summed E-state index contributed by atoms with van der Waals surface area (Å²) < 4.78 is 0.757. The Labute approximate surface area is 114 Å². The van der Waals surface area contributed by atoms with Gasteiger partial charge < -0.3 is 10.2 Å². The molecule has 0 spiro atoms. The molecule has 1 aliphatic heterocycles. The standard InChI is InChI=1S/C12H14BrClN2O/c13-11-8-9(14)2-3-10(11)12(17)16-6-1-4-15-5-7-16/h2-3,8,15H,1,4-7H2. The summed E-state index contributed by atoms with van der Waals surface area (Å²) in [4.78, 5) is 14.2. The molecule has 0 aromatic heterocycles. The molecule has 1 aromatic rings. The highest BCUT2D eigenvalue weighted by Crippen LogP contribution is 2.23. The zero-order valence-electron chi connectivity index (χ0n) is 9.38. The molecular weight excluding hydrogens is 304 g/mol. The molecule has 1 heterocycles. The number of carbonyl (C=O) groups excluding carboxylic acids is 1. The molecule has 0 bridgehead atoms. The van der Waals surface area contributed by atoms with Crippen molar-refractivity contribution in [1.29, 1.82) is 0 Å². The highest BCUT2D eigenvalue weighted by atomic mass is 79.9. The Balaban J connectivity index is 2.17. The number of amides is 1. The molecule has 1 aromatic carbocycles. The number of rotatable bonds is 1. The largest absolute Gasteiger partial charge is 0.337 e. The molecule has 0 atom stereocenters. The molecule has 5 heteroatoms. The molecule has 0 saturated carbocycles. The summed E-state index contributed by atoms with van der Waals surface area (Å²) in [6.45, 7) is 3.40. The molecule has 1 fully saturated rings. The van der Waals surface area contributed by atoms with Crippen molar-refractivity contribution in [1.82, 2.24) is 10.2 Å². The van der Waals surface area contributed by atoms with Crippen LogP contribution in [0.1, 0.15) is 16.8 Å². The van der Waals surface area contributed by atoms with Crippen LogP contribution < -0.4 is 5.32 Å². The van der Waals surface area contributed by atoms with Crippen LogP contribution in [-0.2, 0) is 0 Å². The van der Waals surface area contributed by atoms with Crippen molar-refractivity contribution in [3.63, 3.8) is 0 Å². The summed E-state index contributed by atoms with van der Waals surface area (Å²) in [6, 6.07) is 5.27.